The molecule has 2 aromatic carbocycles. The summed E-state index contributed by atoms with van der Waals surface area (Å²) >= 11 is 1.85. The van der Waals surface area contributed by atoms with Crippen LogP contribution in [0.1, 0.15) is 85.7 Å². The van der Waals surface area contributed by atoms with Crippen LogP contribution < -0.4 is 5.32 Å². The van der Waals surface area contributed by atoms with Crippen molar-refractivity contribution in [2.45, 2.75) is 76.7 Å². The third kappa shape index (κ3) is 5.17. The molecule has 0 saturated carbocycles. The van der Waals surface area contributed by atoms with E-state index in [1.807, 2.05) is 29.5 Å². The predicted molar refractivity (Wildman–Crippen MR) is 141 cm³/mol. The Morgan fingerprint density at radius 3 is 2.76 bits per heavy atom. The standard InChI is InChI=1S/C29H36N2OS/c1-2-3-6-21-8-10-23(11-9-21)29(32)30-24-13-15-28-26(19-24)27(20-33-28)22-12-14-25-7-4-5-17-31(25)18-16-22/h8-11,13,15,19-20,22,25H,2-7,12,14,16-18H2,1H3,(H,30,32). The van der Waals surface area contributed by atoms with E-state index >= 15 is 0 Å². The molecule has 3 heterocycles. The maximum atomic E-state index is 12.9. The first kappa shape index (κ1) is 22.6. The Hall–Kier alpha value is -2.17. The summed E-state index contributed by atoms with van der Waals surface area (Å²) in [6.45, 7) is 4.73. The van der Waals surface area contributed by atoms with Gasteiger partial charge in [-0.05, 0) is 116 Å². The smallest absolute Gasteiger partial charge is 0.255 e. The summed E-state index contributed by atoms with van der Waals surface area (Å²) in [5.41, 5.74) is 4.41. The summed E-state index contributed by atoms with van der Waals surface area (Å²) < 4.78 is 1.32. The number of thiophene rings is 1. The summed E-state index contributed by atoms with van der Waals surface area (Å²) in [4.78, 5) is 15.6. The van der Waals surface area contributed by atoms with E-state index in [4.69, 9.17) is 0 Å². The number of nitrogens with zero attached hydrogens (tertiary/aromatic N) is 1. The van der Waals surface area contributed by atoms with E-state index in [9.17, 15) is 4.79 Å². The lowest BCUT2D eigenvalue weighted by Gasteiger charge is -2.33. The van der Waals surface area contributed by atoms with Crippen molar-refractivity contribution in [3.63, 3.8) is 0 Å². The maximum absolute atomic E-state index is 12.9. The SMILES string of the molecule is CCCCc1ccc(C(=O)Nc2ccc3scc(C4CCC5CCCCN5CC4)c3c2)cc1. The van der Waals surface area contributed by atoms with Gasteiger partial charge in [-0.3, -0.25) is 4.79 Å². The summed E-state index contributed by atoms with van der Waals surface area (Å²) in [6, 6.07) is 15.3. The van der Waals surface area contributed by atoms with E-state index < -0.39 is 0 Å². The third-order valence-corrected chi connectivity index (χ3v) is 8.68. The number of aryl methyl sites for hydroxylation is 1. The van der Waals surface area contributed by atoms with Crippen LogP contribution in [-0.2, 0) is 6.42 Å². The molecule has 2 aliphatic rings. The summed E-state index contributed by atoms with van der Waals surface area (Å²) in [5, 5.41) is 6.85. The molecule has 3 nitrogen and oxygen atoms in total. The number of amides is 1. The van der Waals surface area contributed by atoms with Gasteiger partial charge in [-0.15, -0.1) is 11.3 Å². The topological polar surface area (TPSA) is 32.3 Å². The average Bonchev–Trinajstić information content (AvgIpc) is 3.14. The van der Waals surface area contributed by atoms with E-state index in [-0.39, 0.29) is 5.91 Å². The molecule has 0 radical (unpaired) electrons. The van der Waals surface area contributed by atoms with Crippen molar-refractivity contribution in [1.29, 1.82) is 0 Å². The number of fused-ring (bicyclic) bond motifs is 2. The van der Waals surface area contributed by atoms with Gasteiger partial charge in [0, 0.05) is 22.0 Å². The first-order valence-electron chi connectivity index (χ1n) is 12.9. The normalized spacial score (nSPS) is 21.5. The number of piperidine rings is 1. The van der Waals surface area contributed by atoms with Crippen LogP contribution in [0, 0.1) is 0 Å². The third-order valence-electron chi connectivity index (χ3n) is 7.70. The molecule has 3 aromatic rings. The van der Waals surface area contributed by atoms with E-state index in [0.29, 0.717) is 5.92 Å². The van der Waals surface area contributed by atoms with Gasteiger partial charge in [0.15, 0.2) is 0 Å². The largest absolute Gasteiger partial charge is 0.322 e. The number of anilines is 1. The van der Waals surface area contributed by atoms with Crippen molar-refractivity contribution in [1.82, 2.24) is 4.90 Å². The minimum Gasteiger partial charge on any atom is -0.322 e. The summed E-state index contributed by atoms with van der Waals surface area (Å²) in [5.74, 6) is 0.602. The lowest BCUT2D eigenvalue weighted by atomic mass is 9.90. The average molecular weight is 461 g/mol. The molecule has 2 saturated heterocycles. The van der Waals surface area contributed by atoms with Gasteiger partial charge in [0.2, 0.25) is 0 Å². The number of unbranched alkanes of at least 4 members (excludes halogenated alkanes) is 1. The Morgan fingerprint density at radius 2 is 1.91 bits per heavy atom. The van der Waals surface area contributed by atoms with Gasteiger partial charge in [-0.2, -0.15) is 0 Å². The lowest BCUT2D eigenvalue weighted by molar-refractivity contribution is 0.102. The Labute approximate surface area is 202 Å². The Kier molecular flexibility index (Phi) is 7.13. The minimum absolute atomic E-state index is 0.0282. The van der Waals surface area contributed by atoms with E-state index in [2.05, 4.69) is 46.8 Å². The second-order valence-corrected chi connectivity index (χ2v) is 10.8. The highest BCUT2D eigenvalue weighted by molar-refractivity contribution is 7.17. The molecule has 0 bridgehead atoms. The van der Waals surface area contributed by atoms with Gasteiger partial charge in [-0.25, -0.2) is 0 Å². The molecule has 2 aliphatic heterocycles. The van der Waals surface area contributed by atoms with E-state index in [0.717, 1.165) is 23.7 Å². The van der Waals surface area contributed by atoms with Crippen LogP contribution in [0.4, 0.5) is 5.69 Å². The highest BCUT2D eigenvalue weighted by Crippen LogP contribution is 2.40. The molecule has 5 rings (SSSR count). The van der Waals surface area contributed by atoms with Crippen LogP contribution in [0.5, 0.6) is 0 Å². The zero-order valence-corrected chi connectivity index (χ0v) is 20.6. The quantitative estimate of drug-likeness (QED) is 0.410. The monoisotopic (exact) mass is 460 g/mol. The van der Waals surface area contributed by atoms with E-state index in [1.54, 1.807) is 0 Å². The second-order valence-electron chi connectivity index (χ2n) is 9.91. The molecule has 1 amide bonds. The molecule has 1 N–H and O–H groups in total. The highest BCUT2D eigenvalue weighted by atomic mass is 32.1. The van der Waals surface area contributed by atoms with Crippen LogP contribution in [0.3, 0.4) is 0 Å². The number of rotatable bonds is 6. The minimum atomic E-state index is -0.0282. The predicted octanol–water partition coefficient (Wildman–Crippen LogP) is 7.62. The molecule has 2 atom stereocenters. The number of carbonyl (C=O) groups is 1. The first-order chi connectivity index (χ1) is 16.2. The van der Waals surface area contributed by atoms with Crippen molar-refractivity contribution in [2.24, 2.45) is 0 Å². The lowest BCUT2D eigenvalue weighted by Crippen LogP contribution is -2.38. The number of hydrogen-bond acceptors (Lipinski definition) is 3. The summed E-state index contributed by atoms with van der Waals surface area (Å²) in [6.07, 6.45) is 11.5. The van der Waals surface area contributed by atoms with Crippen LogP contribution in [-0.4, -0.2) is 29.9 Å². The van der Waals surface area contributed by atoms with Gasteiger partial charge in [0.05, 0.1) is 0 Å². The van der Waals surface area contributed by atoms with Crippen LogP contribution in [0.2, 0.25) is 0 Å². The maximum Gasteiger partial charge on any atom is 0.255 e. The van der Waals surface area contributed by atoms with Gasteiger partial charge in [0.1, 0.15) is 0 Å². The first-order valence-corrected chi connectivity index (χ1v) is 13.7. The second kappa shape index (κ2) is 10.4. The zero-order valence-electron chi connectivity index (χ0n) is 19.8. The number of benzene rings is 2. The Morgan fingerprint density at radius 1 is 1.03 bits per heavy atom. The fourth-order valence-electron chi connectivity index (χ4n) is 5.70. The van der Waals surface area contributed by atoms with Crippen LogP contribution >= 0.6 is 11.3 Å². The van der Waals surface area contributed by atoms with Crippen LogP contribution in [0.15, 0.2) is 47.8 Å². The molecule has 0 aliphatic carbocycles. The van der Waals surface area contributed by atoms with Crippen molar-refractivity contribution in [3.8, 4) is 0 Å². The molecule has 33 heavy (non-hydrogen) atoms. The number of hydrogen-bond donors (Lipinski definition) is 1. The molecule has 0 spiro atoms. The zero-order chi connectivity index (χ0) is 22.6. The molecule has 1 aromatic heterocycles. The van der Waals surface area contributed by atoms with Gasteiger partial charge in [0.25, 0.3) is 5.91 Å². The molecule has 4 heteroatoms. The van der Waals surface area contributed by atoms with Crippen molar-refractivity contribution < 1.29 is 4.79 Å². The van der Waals surface area contributed by atoms with Gasteiger partial charge in [-0.1, -0.05) is 31.9 Å². The fourth-order valence-corrected chi connectivity index (χ4v) is 6.73. The molecule has 2 fully saturated rings. The van der Waals surface area contributed by atoms with Gasteiger partial charge >= 0.3 is 0 Å². The van der Waals surface area contributed by atoms with Crippen LogP contribution in [0.25, 0.3) is 10.1 Å². The fraction of sp³-hybridized carbons (Fsp3) is 0.483. The molecule has 2 unspecified atom stereocenters. The molecule has 174 valence electrons. The van der Waals surface area contributed by atoms with Crippen molar-refractivity contribution in [2.75, 3.05) is 18.4 Å². The number of carbonyl (C=O) groups excluding carboxylic acids is 1. The van der Waals surface area contributed by atoms with Crippen molar-refractivity contribution in [3.05, 3.63) is 64.5 Å². The molecular formula is C29H36N2OS. The van der Waals surface area contributed by atoms with Gasteiger partial charge < -0.3 is 10.2 Å². The van der Waals surface area contributed by atoms with Crippen molar-refractivity contribution >= 4 is 33.0 Å². The van der Waals surface area contributed by atoms with E-state index in [1.165, 1.54) is 85.7 Å². The Balaban J connectivity index is 1.30. The highest BCUT2D eigenvalue weighted by Gasteiger charge is 2.28. The number of nitrogens with one attached hydrogen (secondary N) is 1. The Bertz CT molecular complexity index is 1070. The summed E-state index contributed by atoms with van der Waals surface area (Å²) in [7, 11) is 0. The molecular weight excluding hydrogens is 424 g/mol.